The van der Waals surface area contributed by atoms with Gasteiger partial charge < -0.3 is 5.11 Å². The third kappa shape index (κ3) is 2.14. The molecule has 16 heavy (non-hydrogen) atoms. The quantitative estimate of drug-likeness (QED) is 0.764. The standard InChI is InChI=1S/C13H9BO2/c14-12-3-1-2-11(8-12)9-4-6-10(7-5-9)13(15)16/h1-8H,(H,15,16). The van der Waals surface area contributed by atoms with Gasteiger partial charge in [0, 0.05) is 0 Å². The summed E-state index contributed by atoms with van der Waals surface area (Å²) in [5.74, 6) is -0.917. The molecule has 2 rings (SSSR count). The van der Waals surface area contributed by atoms with E-state index in [1.165, 1.54) is 0 Å². The van der Waals surface area contributed by atoms with E-state index in [1.54, 1.807) is 24.3 Å². The molecule has 0 aromatic heterocycles. The van der Waals surface area contributed by atoms with Crippen LogP contribution in [0.3, 0.4) is 0 Å². The van der Waals surface area contributed by atoms with Crippen LogP contribution in [0.15, 0.2) is 48.5 Å². The molecule has 0 amide bonds. The fraction of sp³-hybridized carbons (Fsp3) is 0. The largest absolute Gasteiger partial charge is 0.478 e. The van der Waals surface area contributed by atoms with Gasteiger partial charge in [0.2, 0.25) is 0 Å². The average molecular weight is 208 g/mol. The molecule has 0 aliphatic carbocycles. The van der Waals surface area contributed by atoms with Crippen molar-refractivity contribution in [2.45, 2.75) is 0 Å². The second-order valence-electron chi connectivity index (χ2n) is 3.51. The fourth-order valence-electron chi connectivity index (χ4n) is 1.52. The van der Waals surface area contributed by atoms with E-state index >= 15 is 0 Å². The fourth-order valence-corrected chi connectivity index (χ4v) is 1.52. The lowest BCUT2D eigenvalue weighted by atomic mass is 9.92. The number of benzene rings is 2. The van der Waals surface area contributed by atoms with Crippen molar-refractivity contribution in [3.05, 3.63) is 54.1 Å². The first-order chi connectivity index (χ1) is 7.66. The SMILES string of the molecule is [B]c1cccc(-c2ccc(C(=O)O)cc2)c1. The molecule has 0 aliphatic rings. The van der Waals surface area contributed by atoms with Gasteiger partial charge in [-0.15, -0.1) is 0 Å². The van der Waals surface area contributed by atoms with Crippen LogP contribution in [0.2, 0.25) is 0 Å². The Hall–Kier alpha value is -2.03. The van der Waals surface area contributed by atoms with Crippen molar-refractivity contribution in [2.75, 3.05) is 0 Å². The van der Waals surface area contributed by atoms with Gasteiger partial charge in [-0.3, -0.25) is 0 Å². The zero-order chi connectivity index (χ0) is 11.5. The summed E-state index contributed by atoms with van der Waals surface area (Å²) in [6, 6.07) is 14.2. The molecule has 0 aliphatic heterocycles. The maximum absolute atomic E-state index is 10.7. The van der Waals surface area contributed by atoms with Crippen molar-refractivity contribution in [3.8, 4) is 11.1 Å². The number of hydrogen-bond donors (Lipinski definition) is 1. The summed E-state index contributed by atoms with van der Waals surface area (Å²) < 4.78 is 0. The molecule has 0 unspecified atom stereocenters. The number of rotatable bonds is 2. The molecule has 0 heterocycles. The summed E-state index contributed by atoms with van der Waals surface area (Å²) in [6.45, 7) is 0. The maximum Gasteiger partial charge on any atom is 0.335 e. The van der Waals surface area contributed by atoms with Crippen LogP contribution >= 0.6 is 0 Å². The molecule has 0 spiro atoms. The molecule has 2 aromatic carbocycles. The zero-order valence-corrected chi connectivity index (χ0v) is 8.55. The predicted molar refractivity (Wildman–Crippen MR) is 64.2 cm³/mol. The lowest BCUT2D eigenvalue weighted by Gasteiger charge is -2.03. The van der Waals surface area contributed by atoms with Crippen molar-refractivity contribution in [2.24, 2.45) is 0 Å². The van der Waals surface area contributed by atoms with Gasteiger partial charge in [0.15, 0.2) is 0 Å². The summed E-state index contributed by atoms with van der Waals surface area (Å²) in [6.07, 6.45) is 0. The van der Waals surface area contributed by atoms with E-state index < -0.39 is 5.97 Å². The molecular weight excluding hydrogens is 199 g/mol. The van der Waals surface area contributed by atoms with Crippen molar-refractivity contribution in [3.63, 3.8) is 0 Å². The molecule has 0 saturated heterocycles. The summed E-state index contributed by atoms with van der Waals surface area (Å²) >= 11 is 0. The first-order valence-corrected chi connectivity index (χ1v) is 4.86. The number of carbonyl (C=O) groups is 1. The van der Waals surface area contributed by atoms with E-state index in [0.717, 1.165) is 11.1 Å². The topological polar surface area (TPSA) is 37.3 Å². The minimum atomic E-state index is -0.917. The number of carboxylic acids is 1. The van der Waals surface area contributed by atoms with Gasteiger partial charge in [-0.2, -0.15) is 0 Å². The Morgan fingerprint density at radius 1 is 1.00 bits per heavy atom. The minimum absolute atomic E-state index is 0.285. The van der Waals surface area contributed by atoms with Crippen LogP contribution < -0.4 is 5.46 Å². The Labute approximate surface area is 95.0 Å². The predicted octanol–water partition coefficient (Wildman–Crippen LogP) is 1.85. The lowest BCUT2D eigenvalue weighted by Crippen LogP contribution is -2.00. The summed E-state index contributed by atoms with van der Waals surface area (Å²) in [4.78, 5) is 10.7. The van der Waals surface area contributed by atoms with Crippen LogP contribution in [0.1, 0.15) is 10.4 Å². The summed E-state index contributed by atoms with van der Waals surface area (Å²) in [7, 11) is 5.68. The monoisotopic (exact) mass is 208 g/mol. The minimum Gasteiger partial charge on any atom is -0.478 e. The molecule has 0 atom stereocenters. The van der Waals surface area contributed by atoms with Crippen LogP contribution in [-0.2, 0) is 0 Å². The molecule has 1 N–H and O–H groups in total. The molecule has 3 heteroatoms. The molecule has 2 aromatic rings. The van der Waals surface area contributed by atoms with Gasteiger partial charge in [-0.25, -0.2) is 4.79 Å². The Morgan fingerprint density at radius 2 is 1.69 bits per heavy atom. The first kappa shape index (κ1) is 10.5. The highest BCUT2D eigenvalue weighted by Gasteiger charge is 2.02. The van der Waals surface area contributed by atoms with Crippen molar-refractivity contribution < 1.29 is 9.90 Å². The molecule has 2 nitrogen and oxygen atoms in total. The van der Waals surface area contributed by atoms with Crippen LogP contribution in [-0.4, -0.2) is 18.9 Å². The number of carboxylic acid groups (broad SMARTS) is 1. The van der Waals surface area contributed by atoms with Gasteiger partial charge in [-0.1, -0.05) is 41.9 Å². The zero-order valence-electron chi connectivity index (χ0n) is 8.55. The third-order valence-electron chi connectivity index (χ3n) is 2.35. The van der Waals surface area contributed by atoms with Crippen LogP contribution in [0.5, 0.6) is 0 Å². The molecule has 0 saturated carbocycles. The normalized spacial score (nSPS) is 10.0. The average Bonchev–Trinajstić information content (AvgIpc) is 2.29. The second kappa shape index (κ2) is 4.23. The van der Waals surface area contributed by atoms with E-state index in [2.05, 4.69) is 0 Å². The first-order valence-electron chi connectivity index (χ1n) is 4.86. The van der Waals surface area contributed by atoms with Crippen LogP contribution in [0.25, 0.3) is 11.1 Å². The van der Waals surface area contributed by atoms with Crippen molar-refractivity contribution >= 4 is 19.3 Å². The molecular formula is C13H9BO2. The summed E-state index contributed by atoms with van der Waals surface area (Å²) in [5, 5.41) is 8.77. The smallest absolute Gasteiger partial charge is 0.335 e. The van der Waals surface area contributed by atoms with E-state index in [9.17, 15) is 4.79 Å². The van der Waals surface area contributed by atoms with E-state index in [0.29, 0.717) is 5.46 Å². The Morgan fingerprint density at radius 3 is 2.25 bits per heavy atom. The van der Waals surface area contributed by atoms with Crippen molar-refractivity contribution in [1.82, 2.24) is 0 Å². The van der Waals surface area contributed by atoms with Gasteiger partial charge >= 0.3 is 5.97 Å². The number of aromatic carboxylic acids is 1. The van der Waals surface area contributed by atoms with Crippen LogP contribution in [0, 0.1) is 0 Å². The van der Waals surface area contributed by atoms with Crippen LogP contribution in [0.4, 0.5) is 0 Å². The second-order valence-corrected chi connectivity index (χ2v) is 3.51. The van der Waals surface area contributed by atoms with Gasteiger partial charge in [0.25, 0.3) is 0 Å². The number of hydrogen-bond acceptors (Lipinski definition) is 1. The third-order valence-corrected chi connectivity index (χ3v) is 2.35. The molecule has 0 bridgehead atoms. The highest BCUT2D eigenvalue weighted by Crippen LogP contribution is 2.18. The van der Waals surface area contributed by atoms with Gasteiger partial charge in [-0.05, 0) is 23.3 Å². The maximum atomic E-state index is 10.7. The Kier molecular flexibility index (Phi) is 2.77. The Bertz CT molecular complexity index is 518. The van der Waals surface area contributed by atoms with Gasteiger partial charge in [0.1, 0.15) is 7.85 Å². The Balaban J connectivity index is 2.38. The van der Waals surface area contributed by atoms with Crippen molar-refractivity contribution in [1.29, 1.82) is 0 Å². The molecule has 76 valence electrons. The highest BCUT2D eigenvalue weighted by molar-refractivity contribution is 6.32. The molecule has 2 radical (unpaired) electrons. The van der Waals surface area contributed by atoms with E-state index in [4.69, 9.17) is 13.0 Å². The van der Waals surface area contributed by atoms with E-state index in [-0.39, 0.29) is 5.56 Å². The molecule has 0 fully saturated rings. The summed E-state index contributed by atoms with van der Waals surface area (Å²) in [5.41, 5.74) is 2.92. The van der Waals surface area contributed by atoms with E-state index in [1.807, 2.05) is 24.3 Å². The highest BCUT2D eigenvalue weighted by atomic mass is 16.4. The lowest BCUT2D eigenvalue weighted by molar-refractivity contribution is 0.0697. The van der Waals surface area contributed by atoms with Gasteiger partial charge in [0.05, 0.1) is 5.56 Å².